The summed E-state index contributed by atoms with van der Waals surface area (Å²) in [5.74, 6) is 0. The van der Waals surface area contributed by atoms with Gasteiger partial charge in [0.05, 0.1) is 16.9 Å². The molecule has 4 heteroatoms. The Kier molecular flexibility index (Phi) is 6.09. The Balaban J connectivity index is 1.44. The van der Waals surface area contributed by atoms with Gasteiger partial charge < -0.3 is 4.57 Å². The molecule has 0 radical (unpaired) electrons. The molecular formula is C42H27N2OP. The lowest BCUT2D eigenvalue weighted by Gasteiger charge is -2.20. The number of pyridine rings is 2. The molecule has 216 valence electrons. The molecule has 0 saturated carbocycles. The van der Waals surface area contributed by atoms with Gasteiger partial charge in [-0.2, -0.15) is 0 Å². The fourth-order valence-corrected chi connectivity index (χ4v) is 9.60. The van der Waals surface area contributed by atoms with Crippen molar-refractivity contribution < 1.29 is 4.57 Å². The highest BCUT2D eigenvalue weighted by Crippen LogP contribution is 2.45. The van der Waals surface area contributed by atoms with Crippen molar-refractivity contribution in [1.82, 2.24) is 9.97 Å². The molecule has 46 heavy (non-hydrogen) atoms. The van der Waals surface area contributed by atoms with E-state index in [9.17, 15) is 0 Å². The fraction of sp³-hybridized carbons (Fsp3) is 0. The highest BCUT2D eigenvalue weighted by Gasteiger charge is 2.31. The second kappa shape index (κ2) is 10.5. The molecule has 0 aliphatic heterocycles. The lowest BCUT2D eigenvalue weighted by atomic mass is 9.89. The van der Waals surface area contributed by atoms with Crippen molar-refractivity contribution in [1.29, 1.82) is 0 Å². The van der Waals surface area contributed by atoms with E-state index in [-0.39, 0.29) is 0 Å². The van der Waals surface area contributed by atoms with Gasteiger partial charge in [-0.15, -0.1) is 0 Å². The predicted molar refractivity (Wildman–Crippen MR) is 194 cm³/mol. The smallest absolute Gasteiger partial charge is 0.188 e. The van der Waals surface area contributed by atoms with Crippen molar-refractivity contribution in [3.8, 4) is 11.4 Å². The molecule has 0 spiro atoms. The zero-order valence-electron chi connectivity index (χ0n) is 24.8. The molecule has 0 aliphatic rings. The van der Waals surface area contributed by atoms with Crippen molar-refractivity contribution in [2.24, 2.45) is 0 Å². The first-order valence-electron chi connectivity index (χ1n) is 15.5. The molecule has 0 bridgehead atoms. The SMILES string of the molecule is O=P(c1ccccc1)(c1ccccc1)c1cccc(-c2nc3ccc4ccccc4c3c3c4ccccc4c4ccccc4c23)n1. The number of benzene rings is 7. The van der Waals surface area contributed by atoms with Crippen LogP contribution in [0.4, 0.5) is 0 Å². The number of nitrogens with zero attached hydrogens (tertiary/aromatic N) is 2. The summed E-state index contributed by atoms with van der Waals surface area (Å²) in [6.45, 7) is 0. The predicted octanol–water partition coefficient (Wildman–Crippen LogP) is 9.55. The van der Waals surface area contributed by atoms with Crippen LogP contribution in [-0.2, 0) is 4.57 Å². The Labute approximate surface area is 266 Å². The first kappa shape index (κ1) is 26.7. The third-order valence-electron chi connectivity index (χ3n) is 9.10. The van der Waals surface area contributed by atoms with Crippen LogP contribution < -0.4 is 16.0 Å². The van der Waals surface area contributed by atoms with Crippen molar-refractivity contribution in [2.45, 2.75) is 0 Å². The average Bonchev–Trinajstić information content (AvgIpc) is 3.14. The van der Waals surface area contributed by atoms with Crippen LogP contribution >= 0.6 is 7.14 Å². The topological polar surface area (TPSA) is 42.9 Å². The molecule has 3 nitrogen and oxygen atoms in total. The number of aromatic nitrogens is 2. The Morgan fingerprint density at radius 2 is 0.935 bits per heavy atom. The largest absolute Gasteiger partial charge is 0.307 e. The lowest BCUT2D eigenvalue weighted by molar-refractivity contribution is 0.592. The maximum absolute atomic E-state index is 15.3. The lowest BCUT2D eigenvalue weighted by Crippen LogP contribution is -2.27. The maximum Gasteiger partial charge on any atom is 0.188 e. The summed E-state index contributed by atoms with van der Waals surface area (Å²) < 4.78 is 15.3. The summed E-state index contributed by atoms with van der Waals surface area (Å²) >= 11 is 0. The van der Waals surface area contributed by atoms with Crippen molar-refractivity contribution in [2.75, 3.05) is 0 Å². The van der Waals surface area contributed by atoms with Crippen LogP contribution in [0.5, 0.6) is 0 Å². The minimum Gasteiger partial charge on any atom is -0.307 e. The minimum absolute atomic E-state index is 0.543. The highest BCUT2D eigenvalue weighted by molar-refractivity contribution is 7.85. The van der Waals surface area contributed by atoms with Gasteiger partial charge in [0.1, 0.15) is 5.44 Å². The van der Waals surface area contributed by atoms with E-state index in [2.05, 4.69) is 84.9 Å². The Hall–Kier alpha value is -5.63. The van der Waals surface area contributed by atoms with Crippen LogP contribution in [-0.4, -0.2) is 9.97 Å². The first-order chi connectivity index (χ1) is 22.7. The Morgan fingerprint density at radius 3 is 1.59 bits per heavy atom. The normalized spacial score (nSPS) is 12.0. The van der Waals surface area contributed by atoms with Gasteiger partial charge in [-0.05, 0) is 50.5 Å². The monoisotopic (exact) mass is 606 g/mol. The van der Waals surface area contributed by atoms with E-state index in [1.165, 1.54) is 26.9 Å². The molecule has 2 heterocycles. The summed E-state index contributed by atoms with van der Waals surface area (Å²) in [5.41, 5.74) is 2.93. The summed E-state index contributed by atoms with van der Waals surface area (Å²) in [7, 11) is -3.29. The Bertz CT molecular complexity index is 2620. The van der Waals surface area contributed by atoms with E-state index >= 15 is 4.57 Å². The highest BCUT2D eigenvalue weighted by atomic mass is 31.2. The average molecular weight is 607 g/mol. The van der Waals surface area contributed by atoms with Crippen LogP contribution in [0, 0.1) is 0 Å². The van der Waals surface area contributed by atoms with Gasteiger partial charge in [-0.25, -0.2) is 9.97 Å². The van der Waals surface area contributed by atoms with Crippen LogP contribution in [0.15, 0.2) is 164 Å². The Morgan fingerprint density at radius 1 is 0.391 bits per heavy atom. The second-order valence-electron chi connectivity index (χ2n) is 11.6. The van der Waals surface area contributed by atoms with Crippen LogP contribution in [0.1, 0.15) is 0 Å². The molecule has 9 aromatic rings. The van der Waals surface area contributed by atoms with Gasteiger partial charge in [0, 0.05) is 26.8 Å². The van der Waals surface area contributed by atoms with Crippen molar-refractivity contribution >= 4 is 77.2 Å². The van der Waals surface area contributed by atoms with Gasteiger partial charge in [-0.3, -0.25) is 0 Å². The molecular weight excluding hydrogens is 579 g/mol. The van der Waals surface area contributed by atoms with Gasteiger partial charge in [0.15, 0.2) is 7.14 Å². The van der Waals surface area contributed by atoms with Gasteiger partial charge in [0.25, 0.3) is 0 Å². The standard InChI is InChI=1S/C42H27N2OP/c45-46(29-15-3-1-4-16-29,30-17-5-2-6-18-30)38-25-13-24-37(43-38)42-41-35-23-12-10-21-33(35)32-20-9-11-22-34(32)40(41)39-31-19-8-7-14-28(31)26-27-36(39)44-42/h1-27H. The third kappa shape index (κ3) is 3.96. The summed E-state index contributed by atoms with van der Waals surface area (Å²) in [4.78, 5) is 10.6. The van der Waals surface area contributed by atoms with Crippen molar-refractivity contribution in [3.05, 3.63) is 164 Å². The van der Waals surface area contributed by atoms with Crippen LogP contribution in [0.25, 0.3) is 65.4 Å². The zero-order chi connectivity index (χ0) is 30.7. The number of rotatable bonds is 4. The number of hydrogen-bond donors (Lipinski definition) is 0. The van der Waals surface area contributed by atoms with Gasteiger partial charge in [0.2, 0.25) is 0 Å². The molecule has 0 fully saturated rings. The molecule has 2 aromatic heterocycles. The van der Waals surface area contributed by atoms with E-state index in [1.807, 2.05) is 78.9 Å². The molecule has 0 saturated heterocycles. The molecule has 0 unspecified atom stereocenters. The third-order valence-corrected chi connectivity index (χ3v) is 12.0. The van der Waals surface area contributed by atoms with E-state index in [0.29, 0.717) is 11.1 Å². The zero-order valence-corrected chi connectivity index (χ0v) is 25.7. The van der Waals surface area contributed by atoms with Crippen molar-refractivity contribution in [3.63, 3.8) is 0 Å². The molecule has 7 aromatic carbocycles. The maximum atomic E-state index is 15.3. The first-order valence-corrected chi connectivity index (χ1v) is 17.2. The number of fused-ring (bicyclic) bond motifs is 10. The van der Waals surface area contributed by atoms with Gasteiger partial charge in [-0.1, -0.05) is 146 Å². The van der Waals surface area contributed by atoms with Crippen LogP contribution in [0.3, 0.4) is 0 Å². The molecule has 0 aliphatic carbocycles. The number of hydrogen-bond acceptors (Lipinski definition) is 3. The molecule has 0 atom stereocenters. The van der Waals surface area contributed by atoms with E-state index in [0.717, 1.165) is 43.4 Å². The quantitative estimate of drug-likeness (QED) is 0.148. The van der Waals surface area contributed by atoms with E-state index in [4.69, 9.17) is 9.97 Å². The minimum atomic E-state index is -3.29. The second-order valence-corrected chi connectivity index (χ2v) is 14.4. The van der Waals surface area contributed by atoms with E-state index < -0.39 is 7.14 Å². The van der Waals surface area contributed by atoms with Crippen LogP contribution in [0.2, 0.25) is 0 Å². The van der Waals surface area contributed by atoms with Gasteiger partial charge >= 0.3 is 0 Å². The van der Waals surface area contributed by atoms with E-state index in [1.54, 1.807) is 0 Å². The molecule has 9 rings (SSSR count). The molecule has 0 amide bonds. The summed E-state index contributed by atoms with van der Waals surface area (Å²) in [6.07, 6.45) is 0. The summed E-state index contributed by atoms with van der Waals surface area (Å²) in [5, 5.41) is 11.9. The molecule has 0 N–H and O–H groups in total. The summed E-state index contributed by atoms with van der Waals surface area (Å²) in [6, 6.07) is 55.3. The fourth-order valence-electron chi connectivity index (χ4n) is 7.04.